The van der Waals surface area contributed by atoms with Gasteiger partial charge >= 0.3 is 6.09 Å². The molecule has 1 amide bonds. The molecule has 1 unspecified atom stereocenters. The summed E-state index contributed by atoms with van der Waals surface area (Å²) in [5.74, 6) is 1.40. The van der Waals surface area contributed by atoms with Crippen molar-refractivity contribution in [1.82, 2.24) is 20.3 Å². The van der Waals surface area contributed by atoms with Gasteiger partial charge in [0.1, 0.15) is 11.4 Å². The molecule has 4 rings (SSSR count). The lowest BCUT2D eigenvalue weighted by atomic mass is 10.2. The fourth-order valence-electron chi connectivity index (χ4n) is 4.19. The fraction of sp³-hybridized carbons (Fsp3) is 0.407. The number of ether oxygens (including phenoxy) is 2. The molecule has 2 aromatic heterocycles. The SMILES string of the molecule is COCc1cccc(Nc2nccc(-c3ccc(N4CCCC4CNC(=O)OC(C)(C)C)nc3)n2)c1. The fourth-order valence-corrected chi connectivity index (χ4v) is 4.19. The summed E-state index contributed by atoms with van der Waals surface area (Å²) in [4.78, 5) is 28.0. The summed E-state index contributed by atoms with van der Waals surface area (Å²) in [5, 5.41) is 6.15. The summed E-state index contributed by atoms with van der Waals surface area (Å²) < 4.78 is 10.6. The van der Waals surface area contributed by atoms with Crippen LogP contribution in [-0.2, 0) is 16.1 Å². The molecule has 1 fully saturated rings. The first kappa shape index (κ1) is 25.4. The average Bonchev–Trinajstić information content (AvgIpc) is 3.31. The minimum Gasteiger partial charge on any atom is -0.444 e. The van der Waals surface area contributed by atoms with Crippen LogP contribution in [0.5, 0.6) is 0 Å². The molecule has 1 aromatic carbocycles. The topological polar surface area (TPSA) is 102 Å². The summed E-state index contributed by atoms with van der Waals surface area (Å²) in [6.07, 6.45) is 5.21. The number of aromatic nitrogens is 3. The van der Waals surface area contributed by atoms with Crippen LogP contribution in [0.15, 0.2) is 54.9 Å². The molecule has 1 saturated heterocycles. The largest absolute Gasteiger partial charge is 0.444 e. The van der Waals surface area contributed by atoms with Crippen LogP contribution in [0.25, 0.3) is 11.3 Å². The van der Waals surface area contributed by atoms with Gasteiger partial charge in [-0.2, -0.15) is 0 Å². The first-order valence-electron chi connectivity index (χ1n) is 12.2. The molecule has 190 valence electrons. The van der Waals surface area contributed by atoms with Crippen molar-refractivity contribution in [3.8, 4) is 11.3 Å². The number of amides is 1. The Hall–Kier alpha value is -3.72. The van der Waals surface area contributed by atoms with E-state index < -0.39 is 11.7 Å². The van der Waals surface area contributed by atoms with Gasteiger partial charge in [0.2, 0.25) is 5.95 Å². The predicted octanol–water partition coefficient (Wildman–Crippen LogP) is 4.92. The van der Waals surface area contributed by atoms with E-state index in [1.54, 1.807) is 13.3 Å². The number of rotatable bonds is 8. The summed E-state index contributed by atoms with van der Waals surface area (Å²) in [7, 11) is 1.68. The molecule has 3 heterocycles. The maximum absolute atomic E-state index is 12.1. The number of carbonyl (C=O) groups excluding carboxylic acids is 1. The smallest absolute Gasteiger partial charge is 0.407 e. The van der Waals surface area contributed by atoms with Crippen molar-refractivity contribution in [2.75, 3.05) is 30.4 Å². The standard InChI is InChI=1S/C27H34N6O3/c1-27(2,3)36-26(34)30-17-22-9-6-14-33(22)24-11-10-20(16-29-24)23-12-13-28-25(32-23)31-21-8-5-7-19(15-21)18-35-4/h5,7-8,10-13,15-16,22H,6,9,14,17-18H2,1-4H3,(H,30,34)(H,28,31,32). The first-order valence-corrected chi connectivity index (χ1v) is 12.2. The van der Waals surface area contributed by atoms with E-state index in [1.807, 2.05) is 69.4 Å². The molecule has 0 saturated carbocycles. The molecule has 1 aliphatic heterocycles. The number of pyridine rings is 1. The molecule has 9 nitrogen and oxygen atoms in total. The zero-order valence-corrected chi connectivity index (χ0v) is 21.3. The van der Waals surface area contributed by atoms with E-state index in [4.69, 9.17) is 14.5 Å². The Morgan fingerprint density at radius 2 is 2.03 bits per heavy atom. The third-order valence-corrected chi connectivity index (χ3v) is 5.75. The van der Waals surface area contributed by atoms with Crippen LogP contribution in [-0.4, -0.2) is 52.9 Å². The first-order chi connectivity index (χ1) is 17.3. The second-order valence-electron chi connectivity index (χ2n) is 9.80. The quantitative estimate of drug-likeness (QED) is 0.459. The number of methoxy groups -OCH3 is 1. The number of nitrogens with one attached hydrogen (secondary N) is 2. The average molecular weight is 491 g/mol. The number of benzene rings is 1. The van der Waals surface area contributed by atoms with Crippen molar-refractivity contribution in [3.05, 3.63) is 60.4 Å². The molecule has 0 spiro atoms. The Morgan fingerprint density at radius 3 is 2.78 bits per heavy atom. The molecule has 0 radical (unpaired) electrons. The van der Waals surface area contributed by atoms with Crippen LogP contribution in [0.2, 0.25) is 0 Å². The lowest BCUT2D eigenvalue weighted by molar-refractivity contribution is 0.0525. The Labute approximate surface area is 212 Å². The van der Waals surface area contributed by atoms with Gasteiger partial charge in [-0.25, -0.2) is 19.7 Å². The molecule has 0 aliphatic carbocycles. The zero-order valence-electron chi connectivity index (χ0n) is 21.3. The van der Waals surface area contributed by atoms with Crippen LogP contribution in [0, 0.1) is 0 Å². The molecule has 36 heavy (non-hydrogen) atoms. The van der Waals surface area contributed by atoms with Crippen molar-refractivity contribution < 1.29 is 14.3 Å². The number of alkyl carbamates (subject to hydrolysis) is 1. The van der Waals surface area contributed by atoms with Crippen molar-refractivity contribution in [2.45, 2.75) is 51.9 Å². The van der Waals surface area contributed by atoms with E-state index in [9.17, 15) is 4.79 Å². The van der Waals surface area contributed by atoms with Crippen LogP contribution < -0.4 is 15.5 Å². The van der Waals surface area contributed by atoms with Gasteiger partial charge in [-0.1, -0.05) is 12.1 Å². The predicted molar refractivity (Wildman–Crippen MR) is 140 cm³/mol. The second-order valence-corrected chi connectivity index (χ2v) is 9.80. The van der Waals surface area contributed by atoms with E-state index in [2.05, 4.69) is 25.5 Å². The van der Waals surface area contributed by atoms with Gasteiger partial charge in [-0.15, -0.1) is 0 Å². The highest BCUT2D eigenvalue weighted by Crippen LogP contribution is 2.26. The minimum absolute atomic E-state index is 0.180. The molecule has 0 bridgehead atoms. The summed E-state index contributed by atoms with van der Waals surface area (Å²) in [6, 6.07) is 14.0. The van der Waals surface area contributed by atoms with Gasteiger partial charge in [-0.05, 0) is 69.5 Å². The Bertz CT molecular complexity index is 1160. The molecular weight excluding hydrogens is 456 g/mol. The van der Waals surface area contributed by atoms with Crippen molar-refractivity contribution >= 4 is 23.5 Å². The van der Waals surface area contributed by atoms with E-state index in [0.29, 0.717) is 19.1 Å². The molecule has 9 heteroatoms. The van der Waals surface area contributed by atoms with Gasteiger partial charge in [0, 0.05) is 49.9 Å². The number of hydrogen-bond donors (Lipinski definition) is 2. The van der Waals surface area contributed by atoms with Gasteiger partial charge in [0.15, 0.2) is 0 Å². The van der Waals surface area contributed by atoms with Crippen LogP contribution >= 0.6 is 0 Å². The number of nitrogens with zero attached hydrogens (tertiary/aromatic N) is 4. The van der Waals surface area contributed by atoms with E-state index in [0.717, 1.165) is 47.7 Å². The summed E-state index contributed by atoms with van der Waals surface area (Å²) >= 11 is 0. The summed E-state index contributed by atoms with van der Waals surface area (Å²) in [5.41, 5.74) is 3.14. The molecule has 1 aliphatic rings. The molecular formula is C27H34N6O3. The Kier molecular flexibility index (Phi) is 8.00. The van der Waals surface area contributed by atoms with Crippen LogP contribution in [0.1, 0.15) is 39.2 Å². The third kappa shape index (κ3) is 6.91. The molecule has 3 aromatic rings. The van der Waals surface area contributed by atoms with Crippen molar-refractivity contribution in [3.63, 3.8) is 0 Å². The number of carbonyl (C=O) groups is 1. The number of anilines is 3. The Balaban J connectivity index is 1.40. The minimum atomic E-state index is -0.513. The highest BCUT2D eigenvalue weighted by Gasteiger charge is 2.27. The highest BCUT2D eigenvalue weighted by atomic mass is 16.6. The van der Waals surface area contributed by atoms with Gasteiger partial charge < -0.3 is 25.0 Å². The monoisotopic (exact) mass is 490 g/mol. The van der Waals surface area contributed by atoms with Crippen molar-refractivity contribution in [1.29, 1.82) is 0 Å². The van der Waals surface area contributed by atoms with E-state index >= 15 is 0 Å². The van der Waals surface area contributed by atoms with Gasteiger partial charge in [0.25, 0.3) is 0 Å². The Morgan fingerprint density at radius 1 is 1.17 bits per heavy atom. The maximum atomic E-state index is 12.1. The molecule has 2 N–H and O–H groups in total. The zero-order chi connectivity index (χ0) is 25.5. The molecule has 1 atom stereocenters. The number of hydrogen-bond acceptors (Lipinski definition) is 8. The maximum Gasteiger partial charge on any atom is 0.407 e. The van der Waals surface area contributed by atoms with Crippen LogP contribution in [0.4, 0.5) is 22.2 Å². The highest BCUT2D eigenvalue weighted by molar-refractivity contribution is 5.68. The van der Waals surface area contributed by atoms with E-state index in [-0.39, 0.29) is 6.04 Å². The van der Waals surface area contributed by atoms with Crippen LogP contribution in [0.3, 0.4) is 0 Å². The van der Waals surface area contributed by atoms with E-state index in [1.165, 1.54) is 0 Å². The lowest BCUT2D eigenvalue weighted by Crippen LogP contribution is -2.42. The second kappa shape index (κ2) is 11.3. The summed E-state index contributed by atoms with van der Waals surface area (Å²) in [6.45, 7) is 7.54. The third-order valence-electron chi connectivity index (χ3n) is 5.75. The van der Waals surface area contributed by atoms with Crippen molar-refractivity contribution in [2.24, 2.45) is 0 Å². The normalized spacial score (nSPS) is 15.6. The van der Waals surface area contributed by atoms with Gasteiger partial charge in [-0.3, -0.25) is 0 Å². The lowest BCUT2D eigenvalue weighted by Gasteiger charge is -2.27. The van der Waals surface area contributed by atoms with Gasteiger partial charge in [0.05, 0.1) is 12.3 Å².